The molecule has 2 aliphatic heterocycles. The van der Waals surface area contributed by atoms with Crippen LogP contribution in [0.2, 0.25) is 0 Å². The third-order valence-electron chi connectivity index (χ3n) is 4.70. The number of nitrogen functional groups attached to an aromatic ring is 2. The molecule has 2 fully saturated rings. The van der Waals surface area contributed by atoms with E-state index in [4.69, 9.17) is 16.2 Å². The van der Waals surface area contributed by atoms with Gasteiger partial charge in [-0.3, -0.25) is 9.80 Å². The molecule has 5 N–H and O–H groups in total. The smallest absolute Gasteiger partial charge is 0.120 e. The standard InChI is InChI=1S/C16H27N5O2/c17-14-2-1-13(11-15(14)18)20-5-3-19(4-6-20)12-16(22)21-7-9-23-10-8-21/h1-2,11,16,22H,3-10,12,17-18H2. The number of rotatable bonds is 4. The molecule has 128 valence electrons. The maximum absolute atomic E-state index is 10.4. The lowest BCUT2D eigenvalue weighted by molar-refractivity contribution is -0.0711. The highest BCUT2D eigenvalue weighted by Gasteiger charge is 2.24. The molecule has 3 rings (SSSR count). The predicted octanol–water partition coefficient (Wildman–Crippen LogP) is -0.376. The summed E-state index contributed by atoms with van der Waals surface area (Å²) in [6, 6.07) is 5.82. The van der Waals surface area contributed by atoms with E-state index in [1.165, 1.54) is 0 Å². The second-order valence-electron chi connectivity index (χ2n) is 6.23. The Morgan fingerprint density at radius 2 is 1.70 bits per heavy atom. The van der Waals surface area contributed by atoms with Crippen molar-refractivity contribution in [3.63, 3.8) is 0 Å². The van der Waals surface area contributed by atoms with Crippen LogP contribution in [0.5, 0.6) is 0 Å². The summed E-state index contributed by atoms with van der Waals surface area (Å²) in [7, 11) is 0. The van der Waals surface area contributed by atoms with Crippen LogP contribution in [-0.2, 0) is 4.74 Å². The van der Waals surface area contributed by atoms with Gasteiger partial charge in [0.15, 0.2) is 0 Å². The van der Waals surface area contributed by atoms with Crippen LogP contribution in [-0.4, -0.2) is 80.2 Å². The number of β-amino-alcohol motifs (C(OH)–C–C–N with tert-alkyl or cyclic N) is 1. The first kappa shape index (κ1) is 16.3. The van der Waals surface area contributed by atoms with E-state index < -0.39 is 6.23 Å². The molecule has 0 amide bonds. The van der Waals surface area contributed by atoms with Gasteiger partial charge in [0.1, 0.15) is 6.23 Å². The van der Waals surface area contributed by atoms with Gasteiger partial charge in [0.25, 0.3) is 0 Å². The molecule has 1 atom stereocenters. The first-order valence-corrected chi connectivity index (χ1v) is 8.25. The van der Waals surface area contributed by atoms with Crippen LogP contribution < -0.4 is 16.4 Å². The van der Waals surface area contributed by atoms with Gasteiger partial charge >= 0.3 is 0 Å². The molecule has 7 nitrogen and oxygen atoms in total. The number of hydrogen-bond acceptors (Lipinski definition) is 7. The number of nitrogens with two attached hydrogens (primary N) is 2. The fourth-order valence-electron chi connectivity index (χ4n) is 3.17. The zero-order valence-corrected chi connectivity index (χ0v) is 13.5. The quantitative estimate of drug-likeness (QED) is 0.651. The van der Waals surface area contributed by atoms with Gasteiger partial charge in [0.2, 0.25) is 0 Å². The number of aliphatic hydroxyl groups excluding tert-OH is 1. The van der Waals surface area contributed by atoms with Crippen molar-refractivity contribution in [3.05, 3.63) is 18.2 Å². The van der Waals surface area contributed by atoms with Gasteiger partial charge in [-0.25, -0.2) is 0 Å². The largest absolute Gasteiger partial charge is 0.397 e. The van der Waals surface area contributed by atoms with E-state index in [1.807, 2.05) is 18.2 Å². The Kier molecular flexibility index (Phi) is 5.22. The van der Waals surface area contributed by atoms with Crippen LogP contribution in [0.15, 0.2) is 18.2 Å². The molecule has 2 saturated heterocycles. The van der Waals surface area contributed by atoms with Crippen LogP contribution in [0.3, 0.4) is 0 Å². The number of hydrogen-bond donors (Lipinski definition) is 3. The maximum Gasteiger partial charge on any atom is 0.120 e. The van der Waals surface area contributed by atoms with Gasteiger partial charge in [0.05, 0.1) is 24.6 Å². The summed E-state index contributed by atoms with van der Waals surface area (Å²) in [6.45, 7) is 7.47. The molecule has 2 aliphatic rings. The highest BCUT2D eigenvalue weighted by Crippen LogP contribution is 2.24. The molecule has 0 aliphatic carbocycles. The van der Waals surface area contributed by atoms with Gasteiger partial charge < -0.3 is 26.2 Å². The van der Waals surface area contributed by atoms with Crippen molar-refractivity contribution in [2.45, 2.75) is 6.23 Å². The number of piperazine rings is 1. The maximum atomic E-state index is 10.4. The van der Waals surface area contributed by atoms with Gasteiger partial charge in [-0.05, 0) is 18.2 Å². The molecule has 1 unspecified atom stereocenters. The molecule has 23 heavy (non-hydrogen) atoms. The molecule has 1 aromatic rings. The summed E-state index contributed by atoms with van der Waals surface area (Å²) in [5.41, 5.74) is 14.0. The Hall–Kier alpha value is -1.54. The first-order chi connectivity index (χ1) is 11.1. The first-order valence-electron chi connectivity index (χ1n) is 8.25. The van der Waals surface area contributed by atoms with Crippen molar-refractivity contribution < 1.29 is 9.84 Å². The third-order valence-corrected chi connectivity index (χ3v) is 4.70. The average Bonchev–Trinajstić information content (AvgIpc) is 2.59. The van der Waals surface area contributed by atoms with E-state index in [1.54, 1.807) is 0 Å². The van der Waals surface area contributed by atoms with Crippen LogP contribution in [0, 0.1) is 0 Å². The summed E-state index contributed by atoms with van der Waals surface area (Å²) in [6.07, 6.45) is -0.405. The van der Waals surface area contributed by atoms with Crippen molar-refractivity contribution >= 4 is 17.1 Å². The van der Waals surface area contributed by atoms with Crippen LogP contribution >= 0.6 is 0 Å². The molecule has 0 radical (unpaired) electrons. The number of anilines is 3. The van der Waals surface area contributed by atoms with Crippen LogP contribution in [0.4, 0.5) is 17.1 Å². The topological polar surface area (TPSA) is 91.2 Å². The number of benzene rings is 1. The average molecular weight is 321 g/mol. The molecular formula is C16H27N5O2. The zero-order valence-electron chi connectivity index (χ0n) is 13.5. The van der Waals surface area contributed by atoms with Crippen molar-refractivity contribution in [3.8, 4) is 0 Å². The summed E-state index contributed by atoms with van der Waals surface area (Å²) in [5, 5.41) is 10.4. The Morgan fingerprint density at radius 1 is 1.00 bits per heavy atom. The Labute approximate surface area is 137 Å². The van der Waals surface area contributed by atoms with E-state index in [9.17, 15) is 5.11 Å². The Balaban J connectivity index is 1.48. The molecule has 1 aromatic carbocycles. The highest BCUT2D eigenvalue weighted by molar-refractivity contribution is 5.69. The highest BCUT2D eigenvalue weighted by atomic mass is 16.5. The molecule has 0 aromatic heterocycles. The lowest BCUT2D eigenvalue weighted by Gasteiger charge is -2.39. The monoisotopic (exact) mass is 321 g/mol. The molecular weight excluding hydrogens is 294 g/mol. The minimum Gasteiger partial charge on any atom is -0.397 e. The van der Waals surface area contributed by atoms with Crippen molar-refractivity contribution in [2.75, 3.05) is 75.4 Å². The van der Waals surface area contributed by atoms with Gasteiger partial charge in [0, 0.05) is 51.5 Å². The second kappa shape index (κ2) is 7.35. The SMILES string of the molecule is Nc1ccc(N2CCN(CC(O)N3CCOCC3)CC2)cc1N. The molecule has 7 heteroatoms. The Bertz CT molecular complexity index is 513. The lowest BCUT2D eigenvalue weighted by Crippen LogP contribution is -2.53. The fraction of sp³-hybridized carbons (Fsp3) is 0.625. The lowest BCUT2D eigenvalue weighted by atomic mass is 10.2. The number of nitrogens with zero attached hydrogens (tertiary/aromatic N) is 3. The third kappa shape index (κ3) is 4.06. The van der Waals surface area contributed by atoms with E-state index >= 15 is 0 Å². The van der Waals surface area contributed by atoms with E-state index in [2.05, 4.69) is 14.7 Å². The second-order valence-corrected chi connectivity index (χ2v) is 6.23. The minimum absolute atomic E-state index is 0.405. The summed E-state index contributed by atoms with van der Waals surface area (Å²) in [5.74, 6) is 0. The van der Waals surface area contributed by atoms with Crippen molar-refractivity contribution in [1.82, 2.24) is 9.80 Å². The predicted molar refractivity (Wildman–Crippen MR) is 92.3 cm³/mol. The fourth-order valence-corrected chi connectivity index (χ4v) is 3.17. The molecule has 0 bridgehead atoms. The molecule has 0 spiro atoms. The summed E-state index contributed by atoms with van der Waals surface area (Å²) < 4.78 is 5.33. The minimum atomic E-state index is -0.405. The molecule has 2 heterocycles. The summed E-state index contributed by atoms with van der Waals surface area (Å²) >= 11 is 0. The van der Waals surface area contributed by atoms with E-state index in [0.29, 0.717) is 31.1 Å². The van der Waals surface area contributed by atoms with Gasteiger partial charge in [-0.1, -0.05) is 0 Å². The number of morpholine rings is 1. The zero-order chi connectivity index (χ0) is 16.2. The van der Waals surface area contributed by atoms with E-state index in [0.717, 1.165) is 45.0 Å². The van der Waals surface area contributed by atoms with Gasteiger partial charge in [-0.15, -0.1) is 0 Å². The van der Waals surface area contributed by atoms with E-state index in [-0.39, 0.29) is 0 Å². The molecule has 0 saturated carbocycles. The van der Waals surface area contributed by atoms with Gasteiger partial charge in [-0.2, -0.15) is 0 Å². The number of aliphatic hydroxyl groups is 1. The Morgan fingerprint density at radius 3 is 2.35 bits per heavy atom. The van der Waals surface area contributed by atoms with Crippen molar-refractivity contribution in [2.24, 2.45) is 0 Å². The van der Waals surface area contributed by atoms with Crippen LogP contribution in [0.1, 0.15) is 0 Å². The normalized spacial score (nSPS) is 22.2. The number of ether oxygens (including phenoxy) is 1. The van der Waals surface area contributed by atoms with Crippen molar-refractivity contribution in [1.29, 1.82) is 0 Å². The summed E-state index contributed by atoms with van der Waals surface area (Å²) in [4.78, 5) is 6.72. The van der Waals surface area contributed by atoms with Crippen LogP contribution in [0.25, 0.3) is 0 Å².